The Hall–Kier alpha value is -0.280. The van der Waals surface area contributed by atoms with Gasteiger partial charge in [0.05, 0.1) is 15.4 Å². The number of benzene rings is 1. The summed E-state index contributed by atoms with van der Waals surface area (Å²) in [6.45, 7) is 0. The smallest absolute Gasteiger partial charge is 0.142 e. The first-order chi connectivity index (χ1) is 7.61. The zero-order valence-corrected chi connectivity index (χ0v) is 11.0. The summed E-state index contributed by atoms with van der Waals surface area (Å²) in [5.41, 5.74) is 0.535. The first-order valence-corrected chi connectivity index (χ1v) is 6.49. The van der Waals surface area contributed by atoms with Gasteiger partial charge in [-0.1, -0.05) is 35.3 Å². The van der Waals surface area contributed by atoms with E-state index < -0.39 is 11.2 Å². The molecule has 0 saturated heterocycles. The summed E-state index contributed by atoms with van der Waals surface area (Å²) < 4.78 is 13.3. The summed E-state index contributed by atoms with van der Waals surface area (Å²) in [6, 6.07) is 6.32. The van der Waals surface area contributed by atoms with E-state index in [-0.39, 0.29) is 5.02 Å². The van der Waals surface area contributed by atoms with Crippen LogP contribution in [0.5, 0.6) is 0 Å². The normalized spacial score (nSPS) is 12.8. The molecule has 0 aliphatic heterocycles. The SMILES string of the molecule is Fc1cccc(C(Cl)c2sccc2Cl)c1Cl. The minimum Gasteiger partial charge on any atom is -0.205 e. The molecule has 84 valence electrons. The highest BCUT2D eigenvalue weighted by atomic mass is 35.5. The lowest BCUT2D eigenvalue weighted by molar-refractivity contribution is 0.626. The van der Waals surface area contributed by atoms with E-state index in [9.17, 15) is 4.39 Å². The lowest BCUT2D eigenvalue weighted by Crippen LogP contribution is -1.94. The van der Waals surface area contributed by atoms with Gasteiger partial charge in [-0.05, 0) is 23.1 Å². The predicted octanol–water partition coefficient (Wildman–Crippen LogP) is 5.52. The van der Waals surface area contributed by atoms with Crippen LogP contribution in [0.3, 0.4) is 0 Å². The number of thiophene rings is 1. The molecule has 1 aromatic heterocycles. The van der Waals surface area contributed by atoms with Crippen LogP contribution in [0.4, 0.5) is 4.39 Å². The van der Waals surface area contributed by atoms with Crippen molar-refractivity contribution in [3.05, 3.63) is 55.9 Å². The average Bonchev–Trinajstić information content (AvgIpc) is 2.68. The van der Waals surface area contributed by atoms with Gasteiger partial charge in [-0.25, -0.2) is 4.39 Å². The van der Waals surface area contributed by atoms with Gasteiger partial charge in [-0.3, -0.25) is 0 Å². The molecule has 5 heteroatoms. The second kappa shape index (κ2) is 4.92. The molecule has 16 heavy (non-hydrogen) atoms. The topological polar surface area (TPSA) is 0 Å². The molecule has 0 saturated carbocycles. The number of alkyl halides is 1. The predicted molar refractivity (Wildman–Crippen MR) is 68.4 cm³/mol. The van der Waals surface area contributed by atoms with Crippen molar-refractivity contribution >= 4 is 46.1 Å². The molecule has 0 fully saturated rings. The molecular formula is C11H6Cl3FS. The van der Waals surface area contributed by atoms with E-state index in [4.69, 9.17) is 34.8 Å². The Bertz CT molecular complexity index is 510. The third-order valence-electron chi connectivity index (χ3n) is 2.13. The van der Waals surface area contributed by atoms with Crippen molar-refractivity contribution in [2.45, 2.75) is 5.38 Å². The average molecular weight is 296 g/mol. The highest BCUT2D eigenvalue weighted by Gasteiger charge is 2.19. The molecule has 0 radical (unpaired) electrons. The minimum atomic E-state index is -0.518. The van der Waals surface area contributed by atoms with E-state index in [1.54, 1.807) is 18.2 Å². The molecule has 1 heterocycles. The molecule has 2 aromatic rings. The molecule has 1 aromatic carbocycles. The fourth-order valence-electron chi connectivity index (χ4n) is 1.34. The van der Waals surface area contributed by atoms with Crippen LogP contribution in [0, 0.1) is 5.82 Å². The van der Waals surface area contributed by atoms with Gasteiger partial charge in [0.25, 0.3) is 0 Å². The minimum absolute atomic E-state index is 0.0481. The van der Waals surface area contributed by atoms with Crippen molar-refractivity contribution in [2.24, 2.45) is 0 Å². The Labute approximate surface area is 112 Å². The summed E-state index contributed by atoms with van der Waals surface area (Å²) >= 11 is 19.5. The van der Waals surface area contributed by atoms with Crippen molar-refractivity contribution in [3.8, 4) is 0 Å². The van der Waals surface area contributed by atoms with Crippen molar-refractivity contribution < 1.29 is 4.39 Å². The van der Waals surface area contributed by atoms with Gasteiger partial charge in [0.1, 0.15) is 5.82 Å². The van der Waals surface area contributed by atoms with E-state index in [0.29, 0.717) is 10.6 Å². The van der Waals surface area contributed by atoms with Crippen LogP contribution in [-0.4, -0.2) is 0 Å². The fourth-order valence-corrected chi connectivity index (χ4v) is 3.30. The second-order valence-corrected chi connectivity index (χ2v) is 5.31. The molecule has 0 aliphatic rings. The number of hydrogen-bond donors (Lipinski definition) is 0. The van der Waals surface area contributed by atoms with Crippen LogP contribution in [0.25, 0.3) is 0 Å². The molecule has 0 bridgehead atoms. The number of halogens is 4. The Morgan fingerprint density at radius 2 is 1.94 bits per heavy atom. The largest absolute Gasteiger partial charge is 0.205 e. The maximum Gasteiger partial charge on any atom is 0.142 e. The maximum atomic E-state index is 13.3. The van der Waals surface area contributed by atoms with E-state index in [1.807, 2.05) is 5.38 Å². The van der Waals surface area contributed by atoms with Crippen LogP contribution < -0.4 is 0 Å². The first-order valence-electron chi connectivity index (χ1n) is 4.42. The second-order valence-electron chi connectivity index (χ2n) is 3.14. The number of rotatable bonds is 2. The third kappa shape index (κ3) is 2.21. The molecule has 0 nitrogen and oxygen atoms in total. The van der Waals surface area contributed by atoms with Crippen LogP contribution in [0.2, 0.25) is 10.0 Å². The van der Waals surface area contributed by atoms with Crippen molar-refractivity contribution in [1.29, 1.82) is 0 Å². The summed E-state index contributed by atoms with van der Waals surface area (Å²) in [7, 11) is 0. The summed E-state index contributed by atoms with van der Waals surface area (Å²) in [5, 5.41) is 1.94. The van der Waals surface area contributed by atoms with E-state index in [2.05, 4.69) is 0 Å². The molecule has 1 unspecified atom stereocenters. The van der Waals surface area contributed by atoms with Crippen molar-refractivity contribution in [3.63, 3.8) is 0 Å². The summed E-state index contributed by atoms with van der Waals surface area (Å²) in [5.74, 6) is -0.475. The highest BCUT2D eigenvalue weighted by Crippen LogP contribution is 2.40. The molecule has 2 rings (SSSR count). The van der Waals surface area contributed by atoms with Gasteiger partial charge in [0, 0.05) is 4.88 Å². The van der Waals surface area contributed by atoms with E-state index in [1.165, 1.54) is 17.4 Å². The molecule has 0 spiro atoms. The summed E-state index contributed by atoms with van der Waals surface area (Å²) in [6.07, 6.45) is 0. The van der Waals surface area contributed by atoms with Gasteiger partial charge in [0.2, 0.25) is 0 Å². The molecular weight excluding hydrogens is 290 g/mol. The zero-order valence-electron chi connectivity index (χ0n) is 7.88. The Morgan fingerprint density at radius 1 is 1.19 bits per heavy atom. The molecule has 0 amide bonds. The van der Waals surface area contributed by atoms with Crippen LogP contribution in [-0.2, 0) is 0 Å². The Morgan fingerprint density at radius 3 is 2.56 bits per heavy atom. The quantitative estimate of drug-likeness (QED) is 0.640. The van der Waals surface area contributed by atoms with E-state index in [0.717, 1.165) is 4.88 Å². The van der Waals surface area contributed by atoms with Crippen LogP contribution in [0.1, 0.15) is 15.8 Å². The highest BCUT2D eigenvalue weighted by molar-refractivity contribution is 7.11. The van der Waals surface area contributed by atoms with Gasteiger partial charge in [0.15, 0.2) is 0 Å². The number of hydrogen-bond acceptors (Lipinski definition) is 1. The fraction of sp³-hybridized carbons (Fsp3) is 0.0909. The van der Waals surface area contributed by atoms with E-state index >= 15 is 0 Å². The molecule has 0 N–H and O–H groups in total. The van der Waals surface area contributed by atoms with Crippen LogP contribution in [0.15, 0.2) is 29.6 Å². The monoisotopic (exact) mass is 294 g/mol. The van der Waals surface area contributed by atoms with Gasteiger partial charge in [-0.15, -0.1) is 22.9 Å². The molecule has 0 aliphatic carbocycles. The standard InChI is InChI=1S/C11H6Cl3FS/c12-7-4-5-16-11(7)10(14)6-2-1-3-8(15)9(6)13/h1-5,10H. The third-order valence-corrected chi connectivity index (χ3v) is 4.53. The maximum absolute atomic E-state index is 13.3. The Kier molecular flexibility index (Phi) is 3.75. The summed E-state index contributed by atoms with van der Waals surface area (Å²) in [4.78, 5) is 0.774. The van der Waals surface area contributed by atoms with Crippen molar-refractivity contribution in [1.82, 2.24) is 0 Å². The van der Waals surface area contributed by atoms with Crippen LogP contribution >= 0.6 is 46.1 Å². The lowest BCUT2D eigenvalue weighted by atomic mass is 10.1. The first kappa shape index (κ1) is 12.2. The molecule has 1 atom stereocenters. The zero-order chi connectivity index (χ0) is 11.7. The van der Waals surface area contributed by atoms with Gasteiger partial charge >= 0.3 is 0 Å². The lowest BCUT2D eigenvalue weighted by Gasteiger charge is -2.10. The Balaban J connectivity index is 2.46. The van der Waals surface area contributed by atoms with Gasteiger partial charge in [-0.2, -0.15) is 0 Å². The van der Waals surface area contributed by atoms with Gasteiger partial charge < -0.3 is 0 Å². The van der Waals surface area contributed by atoms with Crippen molar-refractivity contribution in [2.75, 3.05) is 0 Å².